The molecule has 6 heteroatoms. The molecule has 2 aliphatic rings. The van der Waals surface area contributed by atoms with Crippen LogP contribution in [0.25, 0.3) is 17.0 Å². The first-order valence-electron chi connectivity index (χ1n) is 13.7. The van der Waals surface area contributed by atoms with E-state index >= 15 is 0 Å². The molecule has 1 aromatic heterocycles. The topological polar surface area (TPSA) is 47.5 Å². The van der Waals surface area contributed by atoms with Gasteiger partial charge in [0, 0.05) is 35.5 Å². The van der Waals surface area contributed by atoms with E-state index in [0.29, 0.717) is 17.1 Å². The van der Waals surface area contributed by atoms with Gasteiger partial charge in [0.15, 0.2) is 5.60 Å². The van der Waals surface area contributed by atoms with Crippen LogP contribution in [0.2, 0.25) is 5.28 Å². The van der Waals surface area contributed by atoms with Gasteiger partial charge >= 0.3 is 0 Å². The zero-order valence-electron chi connectivity index (χ0n) is 22.0. The van der Waals surface area contributed by atoms with Gasteiger partial charge in [-0.2, -0.15) is 4.98 Å². The average molecular weight is 546 g/mol. The van der Waals surface area contributed by atoms with Gasteiger partial charge in [0.05, 0.1) is 10.9 Å². The largest absolute Gasteiger partial charge is 0.473 e. The Morgan fingerprint density at radius 2 is 1.45 bits per heavy atom. The maximum atomic E-state index is 6.98. The SMILES string of the molecule is Clc1nc(Oc2ccccc2)c2c3c(ccc2n1)OC(c1ccccc1)(c1ccc(N2CCCCC2)cc1)C=C3. The lowest BCUT2D eigenvalue weighted by molar-refractivity contribution is 0.161. The molecule has 1 atom stereocenters. The van der Waals surface area contributed by atoms with Crippen molar-refractivity contribution in [2.24, 2.45) is 0 Å². The Labute approximate surface area is 238 Å². The van der Waals surface area contributed by atoms with Crippen LogP contribution in [0.1, 0.15) is 36.0 Å². The number of rotatable bonds is 5. The van der Waals surface area contributed by atoms with Gasteiger partial charge in [-0.1, -0.05) is 60.7 Å². The lowest BCUT2D eigenvalue weighted by atomic mass is 9.83. The summed E-state index contributed by atoms with van der Waals surface area (Å²) in [6.45, 7) is 2.22. The Morgan fingerprint density at radius 1 is 0.750 bits per heavy atom. The minimum Gasteiger partial charge on any atom is -0.473 e. The number of anilines is 1. The molecule has 0 amide bonds. The van der Waals surface area contributed by atoms with E-state index in [0.717, 1.165) is 40.9 Å². The molecular weight excluding hydrogens is 518 g/mol. The summed E-state index contributed by atoms with van der Waals surface area (Å²) in [6.07, 6.45) is 8.03. The van der Waals surface area contributed by atoms with Crippen LogP contribution < -0.4 is 14.4 Å². The smallest absolute Gasteiger partial charge is 0.232 e. The minimum atomic E-state index is -0.796. The first-order chi connectivity index (χ1) is 19.7. The van der Waals surface area contributed by atoms with Gasteiger partial charge in [0.1, 0.15) is 11.5 Å². The quantitative estimate of drug-likeness (QED) is 0.207. The van der Waals surface area contributed by atoms with Gasteiger partial charge in [-0.3, -0.25) is 0 Å². The van der Waals surface area contributed by atoms with Gasteiger partial charge in [-0.15, -0.1) is 0 Å². The molecule has 0 saturated carbocycles. The highest BCUT2D eigenvalue weighted by atomic mass is 35.5. The van der Waals surface area contributed by atoms with E-state index in [9.17, 15) is 0 Å². The predicted octanol–water partition coefficient (Wildman–Crippen LogP) is 8.42. The molecule has 0 N–H and O–H groups in total. The molecule has 0 bridgehead atoms. The van der Waals surface area contributed by atoms with E-state index in [1.165, 1.54) is 24.9 Å². The second kappa shape index (κ2) is 10.3. The van der Waals surface area contributed by atoms with Crippen LogP contribution in [0.5, 0.6) is 17.4 Å². The molecule has 5 nitrogen and oxygen atoms in total. The number of aromatic nitrogens is 2. The number of ether oxygens (including phenoxy) is 2. The normalized spacial score (nSPS) is 18.3. The Morgan fingerprint density at radius 3 is 2.20 bits per heavy atom. The number of piperidine rings is 1. The van der Waals surface area contributed by atoms with Gasteiger partial charge < -0.3 is 14.4 Å². The minimum absolute atomic E-state index is 0.131. The van der Waals surface area contributed by atoms with E-state index < -0.39 is 5.60 Å². The summed E-state index contributed by atoms with van der Waals surface area (Å²) in [5, 5.41) is 0.885. The molecule has 2 aliphatic heterocycles. The fourth-order valence-corrected chi connectivity index (χ4v) is 5.91. The summed E-state index contributed by atoms with van der Waals surface area (Å²) in [5.41, 5.74) is 4.13. The predicted molar refractivity (Wildman–Crippen MR) is 160 cm³/mol. The number of fused-ring (bicyclic) bond motifs is 3. The summed E-state index contributed by atoms with van der Waals surface area (Å²) in [5.74, 6) is 1.79. The lowest BCUT2D eigenvalue weighted by Gasteiger charge is -2.37. The Balaban J connectivity index is 1.34. The van der Waals surface area contributed by atoms with Crippen molar-refractivity contribution in [3.8, 4) is 17.4 Å². The van der Waals surface area contributed by atoms with E-state index in [4.69, 9.17) is 21.1 Å². The maximum absolute atomic E-state index is 6.98. The van der Waals surface area contributed by atoms with Crippen LogP contribution in [0.3, 0.4) is 0 Å². The molecule has 0 aliphatic carbocycles. The number of halogens is 1. The van der Waals surface area contributed by atoms with Crippen molar-refractivity contribution in [1.82, 2.24) is 9.97 Å². The average Bonchev–Trinajstić information content (AvgIpc) is 3.02. The van der Waals surface area contributed by atoms with Crippen molar-refractivity contribution in [1.29, 1.82) is 0 Å². The summed E-state index contributed by atoms with van der Waals surface area (Å²) in [6, 6.07) is 32.6. The molecule has 5 aromatic rings. The van der Waals surface area contributed by atoms with Crippen LogP contribution in [-0.4, -0.2) is 23.1 Å². The highest BCUT2D eigenvalue weighted by Crippen LogP contribution is 2.46. The third kappa shape index (κ3) is 4.46. The van der Waals surface area contributed by atoms with E-state index in [1.807, 2.05) is 60.7 Å². The number of hydrogen-bond donors (Lipinski definition) is 0. The summed E-state index contributed by atoms with van der Waals surface area (Å²) >= 11 is 6.29. The molecule has 1 fully saturated rings. The number of hydrogen-bond acceptors (Lipinski definition) is 5. The van der Waals surface area contributed by atoms with Crippen molar-refractivity contribution < 1.29 is 9.47 Å². The molecule has 1 saturated heterocycles. The second-order valence-corrected chi connectivity index (χ2v) is 10.6. The number of para-hydroxylation sites is 1. The molecule has 1 unspecified atom stereocenters. The van der Waals surface area contributed by atoms with Crippen LogP contribution in [0.15, 0.2) is 103 Å². The van der Waals surface area contributed by atoms with Crippen LogP contribution in [0, 0.1) is 0 Å². The van der Waals surface area contributed by atoms with E-state index in [1.54, 1.807) is 0 Å². The summed E-state index contributed by atoms with van der Waals surface area (Å²) in [7, 11) is 0. The van der Waals surface area contributed by atoms with Gasteiger partial charge in [0.25, 0.3) is 0 Å². The molecule has 7 rings (SSSR count). The van der Waals surface area contributed by atoms with Gasteiger partial charge in [0.2, 0.25) is 11.2 Å². The fourth-order valence-electron chi connectivity index (χ4n) is 5.74. The lowest BCUT2D eigenvalue weighted by Crippen LogP contribution is -2.34. The van der Waals surface area contributed by atoms with Crippen molar-refractivity contribution in [2.45, 2.75) is 24.9 Å². The van der Waals surface area contributed by atoms with Crippen LogP contribution in [0.4, 0.5) is 5.69 Å². The van der Waals surface area contributed by atoms with E-state index in [2.05, 4.69) is 63.4 Å². The summed E-state index contributed by atoms with van der Waals surface area (Å²) < 4.78 is 13.2. The Kier molecular flexibility index (Phi) is 6.37. The third-order valence-electron chi connectivity index (χ3n) is 7.74. The second-order valence-electron chi connectivity index (χ2n) is 10.2. The third-order valence-corrected chi connectivity index (χ3v) is 7.91. The highest BCUT2D eigenvalue weighted by molar-refractivity contribution is 6.28. The fraction of sp³-hybridized carbons (Fsp3) is 0.176. The highest BCUT2D eigenvalue weighted by Gasteiger charge is 2.38. The zero-order chi connectivity index (χ0) is 26.9. The molecule has 0 spiro atoms. The number of nitrogens with zero attached hydrogens (tertiary/aromatic N) is 3. The summed E-state index contributed by atoms with van der Waals surface area (Å²) in [4.78, 5) is 11.4. The number of benzene rings is 4. The molecular formula is C34H28ClN3O2. The van der Waals surface area contributed by atoms with Gasteiger partial charge in [-0.05, 0) is 79.4 Å². The monoisotopic (exact) mass is 545 g/mol. The van der Waals surface area contributed by atoms with Crippen LogP contribution >= 0.6 is 11.6 Å². The Bertz CT molecular complexity index is 1680. The maximum Gasteiger partial charge on any atom is 0.232 e. The standard InChI is InChI=1S/C34H28ClN3O2/c35-33-36-29-18-19-30-28(31(29)32(37-33)39-27-12-6-2-7-13-27)20-21-34(40-30,24-10-4-1-5-11-24)25-14-16-26(17-15-25)38-22-8-3-9-23-38/h1-2,4-7,10-21H,3,8-9,22-23H2. The molecule has 4 aromatic carbocycles. The molecule has 40 heavy (non-hydrogen) atoms. The molecule has 0 radical (unpaired) electrons. The van der Waals surface area contributed by atoms with Crippen molar-refractivity contribution in [2.75, 3.05) is 18.0 Å². The first kappa shape index (κ1) is 24.7. The first-order valence-corrected chi connectivity index (χ1v) is 14.1. The Hall–Kier alpha value is -4.35. The molecule has 3 heterocycles. The molecule has 198 valence electrons. The zero-order valence-corrected chi connectivity index (χ0v) is 22.7. The van der Waals surface area contributed by atoms with Gasteiger partial charge in [-0.25, -0.2) is 4.98 Å². The van der Waals surface area contributed by atoms with Crippen LogP contribution in [-0.2, 0) is 5.60 Å². The van der Waals surface area contributed by atoms with Crippen molar-refractivity contribution in [3.05, 3.63) is 125 Å². The van der Waals surface area contributed by atoms with Crippen molar-refractivity contribution >= 4 is 34.3 Å². The van der Waals surface area contributed by atoms with Crippen molar-refractivity contribution in [3.63, 3.8) is 0 Å². The van der Waals surface area contributed by atoms with E-state index in [-0.39, 0.29) is 5.28 Å².